The van der Waals surface area contributed by atoms with E-state index in [2.05, 4.69) is 19.4 Å². The number of aryl methyl sites for hydroxylation is 1. The van der Waals surface area contributed by atoms with Crippen molar-refractivity contribution in [2.24, 2.45) is 0 Å². The smallest absolute Gasteiger partial charge is 0.417 e. The molecule has 0 radical (unpaired) electrons. The van der Waals surface area contributed by atoms with E-state index in [4.69, 9.17) is 4.42 Å². The Kier molecular flexibility index (Phi) is 6.51. The SMILES string of the molecule is Cc1oc(-c2cccc(OC(F)F)c2)cc1C(=O)Nc1nc(CC(C)(O)C(F)(F)F)ns1. The van der Waals surface area contributed by atoms with Gasteiger partial charge in [0, 0.05) is 23.5 Å². The van der Waals surface area contributed by atoms with Crippen molar-refractivity contribution in [3.8, 4) is 17.1 Å². The van der Waals surface area contributed by atoms with Crippen LogP contribution >= 0.6 is 11.5 Å². The number of nitrogens with one attached hydrogen (secondary N) is 1. The summed E-state index contributed by atoms with van der Waals surface area (Å²) in [5, 5.41) is 11.9. The second-order valence-corrected chi connectivity index (χ2v) is 7.66. The summed E-state index contributed by atoms with van der Waals surface area (Å²) in [6, 6.07) is 7.08. The number of benzene rings is 1. The number of carbonyl (C=O) groups excluding carboxylic acids is 1. The number of alkyl halides is 5. The minimum absolute atomic E-state index is 0.0718. The van der Waals surface area contributed by atoms with Crippen LogP contribution in [0.2, 0.25) is 0 Å². The lowest BCUT2D eigenvalue weighted by atomic mass is 10.0. The van der Waals surface area contributed by atoms with Crippen LogP contribution in [0.4, 0.5) is 27.1 Å². The van der Waals surface area contributed by atoms with Gasteiger partial charge in [0.05, 0.1) is 5.56 Å². The van der Waals surface area contributed by atoms with Crippen molar-refractivity contribution in [1.29, 1.82) is 0 Å². The molecule has 2 N–H and O–H groups in total. The third-order valence-electron chi connectivity index (χ3n) is 4.31. The van der Waals surface area contributed by atoms with E-state index < -0.39 is 30.7 Å². The van der Waals surface area contributed by atoms with Crippen molar-refractivity contribution >= 4 is 22.6 Å². The molecular formula is C19H16F5N3O4S. The van der Waals surface area contributed by atoms with E-state index in [0.29, 0.717) is 24.0 Å². The average molecular weight is 477 g/mol. The Bertz CT molecular complexity index is 1110. The van der Waals surface area contributed by atoms with Crippen molar-refractivity contribution in [2.75, 3.05) is 5.32 Å². The number of aromatic nitrogens is 2. The molecule has 32 heavy (non-hydrogen) atoms. The van der Waals surface area contributed by atoms with Gasteiger partial charge >= 0.3 is 12.8 Å². The molecule has 3 aromatic rings. The highest BCUT2D eigenvalue weighted by molar-refractivity contribution is 7.09. The van der Waals surface area contributed by atoms with E-state index in [0.717, 1.165) is 0 Å². The summed E-state index contributed by atoms with van der Waals surface area (Å²) in [6.07, 6.45) is -5.75. The van der Waals surface area contributed by atoms with Crippen LogP contribution in [0.5, 0.6) is 5.75 Å². The van der Waals surface area contributed by atoms with Gasteiger partial charge in [0.2, 0.25) is 5.13 Å². The number of anilines is 1. The highest BCUT2D eigenvalue weighted by Crippen LogP contribution is 2.33. The molecule has 0 saturated heterocycles. The molecule has 1 amide bonds. The first-order valence-corrected chi connectivity index (χ1v) is 9.72. The number of nitrogens with zero attached hydrogens (tertiary/aromatic N) is 2. The second kappa shape index (κ2) is 8.82. The summed E-state index contributed by atoms with van der Waals surface area (Å²) >= 11 is 0.651. The molecule has 2 heterocycles. The molecule has 0 aliphatic rings. The van der Waals surface area contributed by atoms with Crippen LogP contribution in [0.1, 0.15) is 28.9 Å². The number of furan rings is 1. The summed E-state index contributed by atoms with van der Waals surface area (Å²) in [5.74, 6) is -0.613. The number of aliphatic hydroxyl groups is 1. The summed E-state index contributed by atoms with van der Waals surface area (Å²) < 4.78 is 76.8. The maximum Gasteiger partial charge on any atom is 0.417 e. The lowest BCUT2D eigenvalue weighted by molar-refractivity contribution is -0.252. The lowest BCUT2D eigenvalue weighted by Gasteiger charge is -2.24. The third-order valence-corrected chi connectivity index (χ3v) is 4.98. The van der Waals surface area contributed by atoms with E-state index in [9.17, 15) is 31.9 Å². The largest absolute Gasteiger partial charge is 0.461 e. The Labute approximate surface area is 182 Å². The molecule has 1 unspecified atom stereocenters. The van der Waals surface area contributed by atoms with Gasteiger partial charge in [-0.3, -0.25) is 10.1 Å². The molecule has 1 aromatic carbocycles. The van der Waals surface area contributed by atoms with Gasteiger partial charge in [-0.2, -0.15) is 26.3 Å². The highest BCUT2D eigenvalue weighted by atomic mass is 32.1. The maximum absolute atomic E-state index is 12.8. The standard InChI is InChI=1S/C19H16F5N3O4S/c1-9-12(7-13(30-9)10-4-3-5-11(6-10)31-16(20)21)15(28)26-17-25-14(27-32-17)8-18(2,29)19(22,23)24/h3-7,16,29H,8H2,1-2H3,(H,25,26,27,28). The predicted octanol–water partition coefficient (Wildman–Crippen LogP) is 4.82. The van der Waals surface area contributed by atoms with E-state index in [1.165, 1.54) is 31.2 Å². The zero-order valence-corrected chi connectivity index (χ0v) is 17.4. The highest BCUT2D eigenvalue weighted by Gasteiger charge is 2.50. The molecule has 0 fully saturated rings. The zero-order valence-electron chi connectivity index (χ0n) is 16.5. The van der Waals surface area contributed by atoms with Gasteiger partial charge in [0.25, 0.3) is 5.91 Å². The molecular weight excluding hydrogens is 461 g/mol. The van der Waals surface area contributed by atoms with E-state index in [1.54, 1.807) is 6.07 Å². The number of rotatable bonds is 7. The summed E-state index contributed by atoms with van der Waals surface area (Å²) in [7, 11) is 0. The Hall–Kier alpha value is -3.06. The van der Waals surface area contributed by atoms with Crippen LogP contribution in [0.25, 0.3) is 11.3 Å². The van der Waals surface area contributed by atoms with Crippen molar-refractivity contribution < 1.29 is 41.0 Å². The van der Waals surface area contributed by atoms with Crippen LogP contribution in [-0.2, 0) is 6.42 Å². The van der Waals surface area contributed by atoms with Gasteiger partial charge in [-0.25, -0.2) is 4.98 Å². The molecule has 1 atom stereocenters. The number of amides is 1. The van der Waals surface area contributed by atoms with Crippen LogP contribution < -0.4 is 10.1 Å². The number of halogens is 5. The molecule has 3 rings (SSSR count). The Morgan fingerprint density at radius 2 is 2.03 bits per heavy atom. The third kappa shape index (κ3) is 5.40. The normalized spacial score (nSPS) is 13.8. The van der Waals surface area contributed by atoms with E-state index in [-0.39, 0.29) is 33.8 Å². The predicted molar refractivity (Wildman–Crippen MR) is 104 cm³/mol. The fourth-order valence-electron chi connectivity index (χ4n) is 2.62. The molecule has 0 aliphatic heterocycles. The lowest BCUT2D eigenvalue weighted by Crippen LogP contribution is -2.44. The fraction of sp³-hybridized carbons (Fsp3) is 0.316. The van der Waals surface area contributed by atoms with Crippen LogP contribution in [0.15, 0.2) is 34.7 Å². The number of ether oxygens (including phenoxy) is 1. The van der Waals surface area contributed by atoms with Crippen molar-refractivity contribution in [3.63, 3.8) is 0 Å². The number of carbonyl (C=O) groups is 1. The van der Waals surface area contributed by atoms with Gasteiger partial charge in [-0.1, -0.05) is 12.1 Å². The minimum atomic E-state index is -4.87. The Morgan fingerprint density at radius 3 is 2.69 bits per heavy atom. The van der Waals surface area contributed by atoms with Crippen molar-refractivity contribution in [1.82, 2.24) is 9.36 Å². The first-order chi connectivity index (χ1) is 14.9. The molecule has 172 valence electrons. The molecule has 0 saturated carbocycles. The van der Waals surface area contributed by atoms with Gasteiger partial charge in [-0.05, 0) is 32.0 Å². The Morgan fingerprint density at radius 1 is 1.31 bits per heavy atom. The van der Waals surface area contributed by atoms with Crippen LogP contribution in [-0.4, -0.2) is 38.8 Å². The topological polar surface area (TPSA) is 97.5 Å². The fourth-order valence-corrected chi connectivity index (χ4v) is 3.21. The second-order valence-electron chi connectivity index (χ2n) is 6.91. The average Bonchev–Trinajstić information content (AvgIpc) is 3.26. The van der Waals surface area contributed by atoms with Crippen LogP contribution in [0, 0.1) is 6.92 Å². The first-order valence-electron chi connectivity index (χ1n) is 8.94. The molecule has 13 heteroatoms. The maximum atomic E-state index is 12.8. The summed E-state index contributed by atoms with van der Waals surface area (Å²) in [5.41, 5.74) is -2.54. The molecule has 0 bridgehead atoms. The number of hydrogen-bond acceptors (Lipinski definition) is 7. The van der Waals surface area contributed by atoms with Gasteiger partial charge in [0.1, 0.15) is 23.1 Å². The van der Waals surface area contributed by atoms with Gasteiger partial charge in [-0.15, -0.1) is 0 Å². The molecule has 7 nitrogen and oxygen atoms in total. The molecule has 0 spiro atoms. The van der Waals surface area contributed by atoms with Gasteiger partial charge in [0.15, 0.2) is 5.60 Å². The van der Waals surface area contributed by atoms with Crippen LogP contribution in [0.3, 0.4) is 0 Å². The minimum Gasteiger partial charge on any atom is -0.461 e. The monoisotopic (exact) mass is 477 g/mol. The molecule has 2 aromatic heterocycles. The zero-order chi connectivity index (χ0) is 23.7. The van der Waals surface area contributed by atoms with Crippen molar-refractivity contribution in [2.45, 2.75) is 38.7 Å². The van der Waals surface area contributed by atoms with E-state index >= 15 is 0 Å². The first kappa shape index (κ1) is 23.6. The summed E-state index contributed by atoms with van der Waals surface area (Å²) in [6.45, 7) is -0.893. The number of hydrogen-bond donors (Lipinski definition) is 2. The molecule has 0 aliphatic carbocycles. The Balaban J connectivity index is 1.74. The van der Waals surface area contributed by atoms with Gasteiger partial charge < -0.3 is 14.3 Å². The van der Waals surface area contributed by atoms with Crippen molar-refractivity contribution in [3.05, 3.63) is 47.5 Å². The quantitative estimate of drug-likeness (QED) is 0.474. The summed E-state index contributed by atoms with van der Waals surface area (Å²) in [4.78, 5) is 16.4. The van der Waals surface area contributed by atoms with E-state index in [1.807, 2.05) is 0 Å².